The van der Waals surface area contributed by atoms with Crippen LogP contribution < -0.4 is 10.1 Å². The van der Waals surface area contributed by atoms with E-state index >= 15 is 0 Å². The molecule has 0 saturated carbocycles. The monoisotopic (exact) mass is 298 g/mol. The van der Waals surface area contributed by atoms with Gasteiger partial charge in [-0.1, -0.05) is 0 Å². The third kappa shape index (κ3) is 2.51. The van der Waals surface area contributed by atoms with Crippen LogP contribution in [0.1, 0.15) is 11.1 Å². The lowest BCUT2D eigenvalue weighted by Crippen LogP contribution is -2.49. The summed E-state index contributed by atoms with van der Waals surface area (Å²) < 4.78 is 31.6. The molecule has 0 bridgehead atoms. The maximum atomic E-state index is 12.6. The summed E-state index contributed by atoms with van der Waals surface area (Å²) in [5, 5.41) is 2.61. The van der Waals surface area contributed by atoms with E-state index in [4.69, 9.17) is 4.74 Å². The van der Waals surface area contributed by atoms with Gasteiger partial charge in [-0.25, -0.2) is 8.42 Å². The third-order valence-corrected chi connectivity index (χ3v) is 5.52. The second-order valence-corrected chi connectivity index (χ2v) is 6.61. The molecule has 0 atom stereocenters. The lowest BCUT2D eigenvalue weighted by atomic mass is 10.1. The summed E-state index contributed by atoms with van der Waals surface area (Å²) in [7, 11) is -2.11. The van der Waals surface area contributed by atoms with Gasteiger partial charge in [-0.15, -0.1) is 0 Å². The Bertz CT molecular complexity index is 640. The zero-order chi connectivity index (χ0) is 14.9. The fraction of sp³-hybridized carbons (Fsp3) is 0.462. The molecule has 20 heavy (non-hydrogen) atoms. The lowest BCUT2D eigenvalue weighted by Gasteiger charge is -2.27. The van der Waals surface area contributed by atoms with Gasteiger partial charge in [-0.3, -0.25) is 4.79 Å². The second kappa shape index (κ2) is 5.41. The molecule has 1 saturated heterocycles. The van der Waals surface area contributed by atoms with Crippen molar-refractivity contribution in [2.45, 2.75) is 18.7 Å². The van der Waals surface area contributed by atoms with Gasteiger partial charge in [0, 0.05) is 13.1 Å². The van der Waals surface area contributed by atoms with Gasteiger partial charge >= 0.3 is 0 Å². The number of methoxy groups -OCH3 is 1. The zero-order valence-electron chi connectivity index (χ0n) is 11.8. The van der Waals surface area contributed by atoms with Crippen LogP contribution in [0.5, 0.6) is 5.75 Å². The molecule has 1 fully saturated rings. The summed E-state index contributed by atoms with van der Waals surface area (Å²) in [5.41, 5.74) is 1.44. The first-order chi connectivity index (χ1) is 9.37. The molecule has 0 aromatic heterocycles. The van der Waals surface area contributed by atoms with Crippen LogP contribution in [0.2, 0.25) is 0 Å². The molecule has 0 radical (unpaired) electrons. The minimum Gasteiger partial charge on any atom is -0.496 e. The van der Waals surface area contributed by atoms with Crippen LogP contribution in [-0.2, 0) is 14.8 Å². The van der Waals surface area contributed by atoms with E-state index in [1.54, 1.807) is 20.1 Å². The van der Waals surface area contributed by atoms with E-state index in [-0.39, 0.29) is 17.3 Å². The molecule has 0 unspecified atom stereocenters. The quantitative estimate of drug-likeness (QED) is 0.878. The summed E-state index contributed by atoms with van der Waals surface area (Å²) in [6, 6.07) is 3.17. The average molecular weight is 298 g/mol. The maximum Gasteiger partial charge on any atom is 0.243 e. The summed E-state index contributed by atoms with van der Waals surface area (Å²) in [6.07, 6.45) is 0. The number of carbonyl (C=O) groups excluding carboxylic acids is 1. The largest absolute Gasteiger partial charge is 0.496 e. The lowest BCUT2D eigenvalue weighted by molar-refractivity contribution is -0.122. The van der Waals surface area contributed by atoms with Crippen LogP contribution in [0.15, 0.2) is 17.0 Å². The minimum absolute atomic E-state index is 0.132. The van der Waals surface area contributed by atoms with E-state index in [2.05, 4.69) is 5.32 Å². The van der Waals surface area contributed by atoms with Crippen molar-refractivity contribution >= 4 is 15.9 Å². The van der Waals surface area contributed by atoms with Crippen molar-refractivity contribution in [1.82, 2.24) is 9.62 Å². The number of piperazine rings is 1. The van der Waals surface area contributed by atoms with E-state index in [1.165, 1.54) is 10.4 Å². The molecular formula is C13H18N2O4S. The van der Waals surface area contributed by atoms with Gasteiger partial charge in [0.15, 0.2) is 0 Å². The van der Waals surface area contributed by atoms with Crippen LogP contribution in [0, 0.1) is 13.8 Å². The molecule has 1 N–H and O–H groups in total. The maximum absolute atomic E-state index is 12.6. The molecule has 1 aliphatic rings. The van der Waals surface area contributed by atoms with Crippen LogP contribution in [0.4, 0.5) is 0 Å². The van der Waals surface area contributed by atoms with Crippen LogP contribution in [0.25, 0.3) is 0 Å². The first kappa shape index (κ1) is 14.8. The van der Waals surface area contributed by atoms with Crippen LogP contribution >= 0.6 is 0 Å². The summed E-state index contributed by atoms with van der Waals surface area (Å²) in [5.74, 6) is 0.376. The second-order valence-electron chi connectivity index (χ2n) is 4.70. The number of hydrogen-bond acceptors (Lipinski definition) is 4. The highest BCUT2D eigenvalue weighted by molar-refractivity contribution is 7.89. The molecule has 1 amide bonds. The molecule has 1 aromatic rings. The van der Waals surface area contributed by atoms with Crippen molar-refractivity contribution in [3.63, 3.8) is 0 Å². The summed E-state index contributed by atoms with van der Waals surface area (Å²) >= 11 is 0. The van der Waals surface area contributed by atoms with Crippen molar-refractivity contribution in [3.05, 3.63) is 23.3 Å². The van der Waals surface area contributed by atoms with Gasteiger partial charge < -0.3 is 10.1 Å². The standard InChI is InChI=1S/C13H18N2O4S/c1-9-10(2)12(5-4-11(9)19-3)20(17,18)15-7-6-14-13(16)8-15/h4-5H,6-8H2,1-3H3,(H,14,16). The Morgan fingerprint density at radius 1 is 1.25 bits per heavy atom. The van der Waals surface area contributed by atoms with E-state index in [1.807, 2.05) is 6.92 Å². The highest BCUT2D eigenvalue weighted by Gasteiger charge is 2.30. The van der Waals surface area contributed by atoms with Gasteiger partial charge in [0.05, 0.1) is 18.6 Å². The Labute approximate surface area is 118 Å². The third-order valence-electron chi connectivity index (χ3n) is 3.53. The zero-order valence-corrected chi connectivity index (χ0v) is 12.6. The Morgan fingerprint density at radius 3 is 2.55 bits per heavy atom. The predicted molar refractivity (Wildman–Crippen MR) is 74.2 cm³/mol. The molecule has 7 heteroatoms. The minimum atomic E-state index is -3.66. The van der Waals surface area contributed by atoms with Crippen molar-refractivity contribution in [1.29, 1.82) is 0 Å². The Kier molecular flexibility index (Phi) is 4.01. The van der Waals surface area contributed by atoms with Crippen LogP contribution in [-0.4, -0.2) is 45.4 Å². The molecule has 6 nitrogen and oxygen atoms in total. The Morgan fingerprint density at radius 2 is 1.95 bits per heavy atom. The SMILES string of the molecule is COc1ccc(S(=O)(=O)N2CCNC(=O)C2)c(C)c1C. The molecule has 2 rings (SSSR count). The van der Waals surface area contributed by atoms with Crippen molar-refractivity contribution in [3.8, 4) is 5.75 Å². The number of carbonyl (C=O) groups is 1. The highest BCUT2D eigenvalue weighted by atomic mass is 32.2. The first-order valence-corrected chi connectivity index (χ1v) is 7.73. The van der Waals surface area contributed by atoms with E-state index < -0.39 is 10.0 Å². The van der Waals surface area contributed by atoms with Crippen molar-refractivity contribution in [2.75, 3.05) is 26.7 Å². The average Bonchev–Trinajstić information content (AvgIpc) is 2.41. The Balaban J connectivity index is 2.44. The van der Waals surface area contributed by atoms with Crippen molar-refractivity contribution < 1.29 is 17.9 Å². The Hall–Kier alpha value is -1.60. The molecule has 0 aliphatic carbocycles. The normalized spacial score (nSPS) is 16.9. The predicted octanol–water partition coefficient (Wildman–Crippen LogP) is 0.433. The number of nitrogens with one attached hydrogen (secondary N) is 1. The van der Waals surface area contributed by atoms with Gasteiger partial charge in [0.25, 0.3) is 0 Å². The summed E-state index contributed by atoms with van der Waals surface area (Å²) in [6.45, 7) is 4.06. The van der Waals surface area contributed by atoms with E-state index in [0.717, 1.165) is 5.56 Å². The van der Waals surface area contributed by atoms with Gasteiger partial charge in [0.2, 0.25) is 15.9 Å². The number of ether oxygens (including phenoxy) is 1. The number of sulfonamides is 1. The molecular weight excluding hydrogens is 280 g/mol. The molecule has 110 valence electrons. The molecule has 1 aliphatic heterocycles. The number of rotatable bonds is 3. The number of nitrogens with zero attached hydrogens (tertiary/aromatic N) is 1. The van der Waals surface area contributed by atoms with E-state index in [9.17, 15) is 13.2 Å². The highest BCUT2D eigenvalue weighted by Crippen LogP contribution is 2.28. The smallest absolute Gasteiger partial charge is 0.243 e. The summed E-state index contributed by atoms with van der Waals surface area (Å²) in [4.78, 5) is 11.6. The van der Waals surface area contributed by atoms with Crippen LogP contribution in [0.3, 0.4) is 0 Å². The fourth-order valence-electron chi connectivity index (χ4n) is 2.23. The van der Waals surface area contributed by atoms with Gasteiger partial charge in [0.1, 0.15) is 5.75 Å². The van der Waals surface area contributed by atoms with Gasteiger partial charge in [-0.05, 0) is 37.1 Å². The molecule has 1 heterocycles. The number of benzene rings is 1. The van der Waals surface area contributed by atoms with Gasteiger partial charge in [-0.2, -0.15) is 4.31 Å². The molecule has 1 aromatic carbocycles. The number of amides is 1. The fourth-order valence-corrected chi connectivity index (χ4v) is 3.91. The first-order valence-electron chi connectivity index (χ1n) is 6.29. The number of hydrogen-bond donors (Lipinski definition) is 1. The van der Waals surface area contributed by atoms with Crippen molar-refractivity contribution in [2.24, 2.45) is 0 Å². The topological polar surface area (TPSA) is 75.7 Å². The molecule has 0 spiro atoms. The van der Waals surface area contributed by atoms with E-state index in [0.29, 0.717) is 24.4 Å².